The average molecular weight is 348 g/mol. The molecular formula is C11H9BrF3N5. The van der Waals surface area contributed by atoms with Gasteiger partial charge in [-0.2, -0.15) is 28.6 Å². The summed E-state index contributed by atoms with van der Waals surface area (Å²) in [6.07, 6.45) is -1.78. The van der Waals surface area contributed by atoms with Crippen molar-refractivity contribution in [1.29, 1.82) is 5.26 Å². The first-order chi connectivity index (χ1) is 9.36. The van der Waals surface area contributed by atoms with Crippen molar-refractivity contribution in [3.8, 4) is 6.07 Å². The second-order valence-electron chi connectivity index (χ2n) is 4.08. The van der Waals surface area contributed by atoms with Crippen LogP contribution < -0.4 is 5.43 Å². The Bertz CT molecular complexity index is 623. The van der Waals surface area contributed by atoms with E-state index >= 15 is 0 Å². The van der Waals surface area contributed by atoms with Crippen LogP contribution in [0.2, 0.25) is 0 Å². The molecule has 0 spiro atoms. The number of hydrogen-bond donors (Lipinski definition) is 1. The third kappa shape index (κ3) is 2.70. The van der Waals surface area contributed by atoms with Crippen LogP contribution in [0.25, 0.3) is 0 Å². The van der Waals surface area contributed by atoms with Gasteiger partial charge in [0.25, 0.3) is 0 Å². The summed E-state index contributed by atoms with van der Waals surface area (Å²) in [5.41, 5.74) is 2.02. The van der Waals surface area contributed by atoms with E-state index in [1.165, 1.54) is 19.3 Å². The highest BCUT2D eigenvalue weighted by molar-refractivity contribution is 9.09. The molecule has 0 fully saturated rings. The Morgan fingerprint density at radius 1 is 1.55 bits per heavy atom. The molecule has 1 N–H and O–H groups in total. The van der Waals surface area contributed by atoms with Gasteiger partial charge in [0.15, 0.2) is 5.69 Å². The van der Waals surface area contributed by atoms with Crippen LogP contribution in [0, 0.1) is 11.3 Å². The van der Waals surface area contributed by atoms with Crippen molar-refractivity contribution < 1.29 is 13.2 Å². The zero-order chi connectivity index (χ0) is 14.9. The number of nitrogens with zero attached hydrogens (tertiary/aromatic N) is 4. The maximum absolute atomic E-state index is 13.0. The number of hydrogen-bond acceptors (Lipinski definition) is 4. The normalized spacial score (nSPS) is 18.9. The molecule has 0 radical (unpaired) electrons. The summed E-state index contributed by atoms with van der Waals surface area (Å²) >= 11 is 3.19. The lowest BCUT2D eigenvalue weighted by molar-refractivity contribution is -0.141. The van der Waals surface area contributed by atoms with Gasteiger partial charge in [-0.3, -0.25) is 10.1 Å². The summed E-state index contributed by atoms with van der Waals surface area (Å²) in [5.74, 6) is 0. The average Bonchev–Trinajstić information content (AvgIpc) is 2.80. The lowest BCUT2D eigenvalue weighted by Crippen LogP contribution is -2.29. The van der Waals surface area contributed by atoms with Crippen molar-refractivity contribution in [2.24, 2.45) is 12.1 Å². The summed E-state index contributed by atoms with van der Waals surface area (Å²) in [6, 6.07) is 1.28. The Hall–Kier alpha value is -1.82. The van der Waals surface area contributed by atoms with Crippen molar-refractivity contribution in [2.75, 3.05) is 5.33 Å². The molecule has 9 heteroatoms. The summed E-state index contributed by atoms with van der Waals surface area (Å²) in [6.45, 7) is 0. The summed E-state index contributed by atoms with van der Waals surface area (Å²) < 4.78 is 40.0. The van der Waals surface area contributed by atoms with Crippen molar-refractivity contribution in [1.82, 2.24) is 15.2 Å². The Labute approximate surface area is 120 Å². The molecule has 1 aliphatic heterocycles. The molecule has 20 heavy (non-hydrogen) atoms. The van der Waals surface area contributed by atoms with Gasteiger partial charge in [-0.1, -0.05) is 15.9 Å². The van der Waals surface area contributed by atoms with Gasteiger partial charge >= 0.3 is 6.18 Å². The SMILES string of the molecule is Cn1cc(C2=NNC(C#N)C=C2CBr)c(C(F)(F)F)n1. The van der Waals surface area contributed by atoms with Crippen LogP contribution in [0.4, 0.5) is 13.2 Å². The van der Waals surface area contributed by atoms with Gasteiger partial charge in [0.05, 0.1) is 17.3 Å². The Morgan fingerprint density at radius 3 is 2.80 bits per heavy atom. The van der Waals surface area contributed by atoms with E-state index in [0.29, 0.717) is 5.57 Å². The predicted molar refractivity (Wildman–Crippen MR) is 69.2 cm³/mol. The van der Waals surface area contributed by atoms with Crippen molar-refractivity contribution >= 4 is 21.6 Å². The lowest BCUT2D eigenvalue weighted by Gasteiger charge is -2.17. The van der Waals surface area contributed by atoms with Crippen LogP contribution >= 0.6 is 15.9 Å². The third-order valence-corrected chi connectivity index (χ3v) is 3.23. The van der Waals surface area contributed by atoms with Crippen LogP contribution in [0.15, 0.2) is 22.9 Å². The molecule has 0 bridgehead atoms. The van der Waals surface area contributed by atoms with E-state index in [1.807, 2.05) is 6.07 Å². The highest BCUT2D eigenvalue weighted by Gasteiger charge is 2.39. The number of alkyl halides is 4. The second kappa shape index (κ2) is 5.28. The first-order valence-corrected chi connectivity index (χ1v) is 6.60. The number of nitrogens with one attached hydrogen (secondary N) is 1. The van der Waals surface area contributed by atoms with Crippen molar-refractivity contribution in [3.63, 3.8) is 0 Å². The van der Waals surface area contributed by atoms with Gasteiger partial charge in [-0.05, 0) is 11.6 Å². The number of allylic oxidation sites excluding steroid dienone is 1. The molecule has 0 saturated carbocycles. The van der Waals surface area contributed by atoms with E-state index in [4.69, 9.17) is 5.26 Å². The standard InChI is InChI=1S/C11H9BrF3N5/c1-20-5-8(10(19-20)11(13,14)15)9-6(3-12)2-7(4-16)17-18-9/h2,5,7,17H,3H2,1H3. The molecule has 5 nitrogen and oxygen atoms in total. The Balaban J connectivity index is 2.50. The fourth-order valence-electron chi connectivity index (χ4n) is 1.80. The van der Waals surface area contributed by atoms with Gasteiger partial charge in [0.2, 0.25) is 0 Å². The molecule has 2 rings (SSSR count). The fourth-order valence-corrected chi connectivity index (χ4v) is 2.25. The topological polar surface area (TPSA) is 66.0 Å². The molecule has 2 heterocycles. The molecule has 1 aliphatic rings. The highest BCUT2D eigenvalue weighted by Crippen LogP contribution is 2.32. The quantitative estimate of drug-likeness (QED) is 0.831. The molecule has 1 aromatic heterocycles. The minimum atomic E-state index is -4.57. The summed E-state index contributed by atoms with van der Waals surface area (Å²) in [5, 5.41) is 16.4. The largest absolute Gasteiger partial charge is 0.435 e. The summed E-state index contributed by atoms with van der Waals surface area (Å²) in [7, 11) is 1.41. The molecule has 1 atom stereocenters. The van der Waals surface area contributed by atoms with Crippen LogP contribution in [0.1, 0.15) is 11.3 Å². The number of hydrazone groups is 1. The molecule has 1 aromatic rings. The predicted octanol–water partition coefficient (Wildman–Crippen LogP) is 1.96. The van der Waals surface area contributed by atoms with Crippen LogP contribution in [-0.4, -0.2) is 26.9 Å². The Morgan fingerprint density at radius 2 is 2.25 bits per heavy atom. The first-order valence-electron chi connectivity index (χ1n) is 5.48. The summed E-state index contributed by atoms with van der Waals surface area (Å²) in [4.78, 5) is 0. The molecule has 0 aliphatic carbocycles. The maximum Gasteiger partial charge on any atom is 0.435 e. The molecule has 0 saturated heterocycles. The van der Waals surface area contributed by atoms with Gasteiger partial charge < -0.3 is 0 Å². The van der Waals surface area contributed by atoms with E-state index in [0.717, 1.165) is 4.68 Å². The number of nitriles is 1. The number of aromatic nitrogens is 2. The fraction of sp³-hybridized carbons (Fsp3) is 0.364. The smallest absolute Gasteiger partial charge is 0.288 e. The molecular weight excluding hydrogens is 339 g/mol. The molecule has 0 aromatic carbocycles. The maximum atomic E-state index is 13.0. The minimum Gasteiger partial charge on any atom is -0.288 e. The number of halogens is 4. The molecule has 1 unspecified atom stereocenters. The molecule has 0 amide bonds. The van der Waals surface area contributed by atoms with E-state index in [-0.39, 0.29) is 16.6 Å². The Kier molecular flexibility index (Phi) is 3.85. The van der Waals surface area contributed by atoms with E-state index in [2.05, 4.69) is 31.6 Å². The van der Waals surface area contributed by atoms with Crippen LogP contribution in [0.5, 0.6) is 0 Å². The van der Waals surface area contributed by atoms with E-state index < -0.39 is 17.9 Å². The van der Waals surface area contributed by atoms with Gasteiger partial charge in [0, 0.05) is 18.6 Å². The monoisotopic (exact) mass is 347 g/mol. The van der Waals surface area contributed by atoms with Crippen molar-refractivity contribution in [2.45, 2.75) is 12.2 Å². The minimum absolute atomic E-state index is 0.116. The first kappa shape index (κ1) is 14.6. The lowest BCUT2D eigenvalue weighted by atomic mass is 10.0. The zero-order valence-electron chi connectivity index (χ0n) is 10.2. The van der Waals surface area contributed by atoms with Crippen LogP contribution in [-0.2, 0) is 13.2 Å². The number of rotatable bonds is 2. The second-order valence-corrected chi connectivity index (χ2v) is 4.65. The molecule has 106 valence electrons. The van der Waals surface area contributed by atoms with Crippen molar-refractivity contribution in [3.05, 3.63) is 29.1 Å². The van der Waals surface area contributed by atoms with E-state index in [1.54, 1.807) is 0 Å². The third-order valence-electron chi connectivity index (χ3n) is 2.62. The van der Waals surface area contributed by atoms with Gasteiger partial charge in [0.1, 0.15) is 6.04 Å². The zero-order valence-corrected chi connectivity index (χ0v) is 11.8. The van der Waals surface area contributed by atoms with E-state index in [9.17, 15) is 13.2 Å². The van der Waals surface area contributed by atoms with Gasteiger partial charge in [-0.25, -0.2) is 0 Å². The highest BCUT2D eigenvalue weighted by atomic mass is 79.9. The number of aryl methyl sites for hydroxylation is 1. The van der Waals surface area contributed by atoms with Crippen LogP contribution in [0.3, 0.4) is 0 Å². The van der Waals surface area contributed by atoms with Gasteiger partial charge in [-0.15, -0.1) is 0 Å².